The van der Waals surface area contributed by atoms with Gasteiger partial charge in [-0.05, 0) is 36.0 Å². The molecule has 2 fully saturated rings. The molecule has 0 saturated heterocycles. The molecule has 0 spiro atoms. The Labute approximate surface area is 68.7 Å². The van der Waals surface area contributed by atoms with E-state index in [-0.39, 0.29) is 0 Å². The predicted molar refractivity (Wildman–Crippen MR) is 46.2 cm³/mol. The van der Waals surface area contributed by atoms with Gasteiger partial charge < -0.3 is 0 Å². The van der Waals surface area contributed by atoms with Crippen LogP contribution in [0.5, 0.6) is 0 Å². The first-order valence-corrected chi connectivity index (χ1v) is 4.96. The number of hydrogen-bond acceptors (Lipinski definition) is 0. The van der Waals surface area contributed by atoms with E-state index in [0.717, 1.165) is 17.8 Å². The molecule has 4 aliphatic carbocycles. The summed E-state index contributed by atoms with van der Waals surface area (Å²) in [6.07, 6.45) is 7.07. The van der Waals surface area contributed by atoms with Crippen molar-refractivity contribution in [1.29, 1.82) is 0 Å². The highest BCUT2D eigenvalue weighted by molar-refractivity contribution is 5.39. The Bertz CT molecular complexity index is 238. The Morgan fingerprint density at radius 1 is 1.45 bits per heavy atom. The van der Waals surface area contributed by atoms with Gasteiger partial charge in [0.1, 0.15) is 0 Å². The van der Waals surface area contributed by atoms with Crippen LogP contribution in [0.2, 0.25) is 0 Å². The summed E-state index contributed by atoms with van der Waals surface area (Å²) in [6, 6.07) is 0. The quantitative estimate of drug-likeness (QED) is 0.463. The number of hydrogen-bond donors (Lipinski definition) is 0. The van der Waals surface area contributed by atoms with E-state index >= 15 is 0 Å². The van der Waals surface area contributed by atoms with Crippen LogP contribution in [-0.4, -0.2) is 0 Å². The van der Waals surface area contributed by atoms with E-state index in [1.807, 2.05) is 5.57 Å². The second-order valence-electron chi connectivity index (χ2n) is 4.88. The van der Waals surface area contributed by atoms with E-state index in [9.17, 15) is 0 Å². The Morgan fingerprint density at radius 3 is 2.91 bits per heavy atom. The molecule has 0 N–H and O–H groups in total. The fraction of sp³-hybridized carbons (Fsp3) is 0.818. The maximum Gasteiger partial charge on any atom is -0.00468 e. The second-order valence-corrected chi connectivity index (χ2v) is 4.88. The summed E-state index contributed by atoms with van der Waals surface area (Å²) < 4.78 is 0. The highest BCUT2D eigenvalue weighted by atomic mass is 14.6. The minimum atomic E-state index is 0.635. The molecule has 0 heterocycles. The average molecular weight is 148 g/mol. The van der Waals surface area contributed by atoms with Crippen LogP contribution in [0.25, 0.3) is 0 Å². The first kappa shape index (κ1) is 6.28. The van der Waals surface area contributed by atoms with Crippen molar-refractivity contribution in [2.75, 3.05) is 0 Å². The summed E-state index contributed by atoms with van der Waals surface area (Å²) in [7, 11) is 0. The van der Waals surface area contributed by atoms with Gasteiger partial charge in [-0.2, -0.15) is 0 Å². The van der Waals surface area contributed by atoms with E-state index in [1.165, 1.54) is 19.3 Å². The third-order valence-corrected chi connectivity index (χ3v) is 4.65. The van der Waals surface area contributed by atoms with Gasteiger partial charge in [0, 0.05) is 0 Å². The van der Waals surface area contributed by atoms with Gasteiger partial charge in [-0.25, -0.2) is 0 Å². The first-order chi connectivity index (χ1) is 5.23. The largest absolute Gasteiger partial charge is 0.0779 e. The van der Waals surface area contributed by atoms with Crippen LogP contribution >= 0.6 is 0 Å². The van der Waals surface area contributed by atoms with E-state index in [4.69, 9.17) is 0 Å². The SMILES string of the molecule is CC1C2=CC1(C)C1CCCC21. The zero-order valence-corrected chi connectivity index (χ0v) is 7.43. The summed E-state index contributed by atoms with van der Waals surface area (Å²) in [5.41, 5.74) is 2.45. The van der Waals surface area contributed by atoms with Crippen molar-refractivity contribution in [3.8, 4) is 0 Å². The fourth-order valence-electron chi connectivity index (χ4n) is 3.83. The van der Waals surface area contributed by atoms with Crippen LogP contribution in [0.3, 0.4) is 0 Å². The molecule has 0 nitrogen and oxygen atoms in total. The molecule has 2 bridgehead atoms. The van der Waals surface area contributed by atoms with Crippen LogP contribution < -0.4 is 0 Å². The summed E-state index contributed by atoms with van der Waals surface area (Å²) in [5.74, 6) is 3.00. The molecule has 2 saturated carbocycles. The lowest BCUT2D eigenvalue weighted by Gasteiger charge is -2.38. The van der Waals surface area contributed by atoms with Crippen molar-refractivity contribution in [3.05, 3.63) is 11.6 Å². The highest BCUT2D eigenvalue weighted by Crippen LogP contribution is 2.68. The van der Waals surface area contributed by atoms with Gasteiger partial charge in [-0.1, -0.05) is 31.9 Å². The van der Waals surface area contributed by atoms with Gasteiger partial charge in [-0.3, -0.25) is 0 Å². The van der Waals surface area contributed by atoms with Crippen LogP contribution in [0.15, 0.2) is 11.6 Å². The third kappa shape index (κ3) is 0.483. The molecule has 0 heteroatoms. The van der Waals surface area contributed by atoms with Crippen molar-refractivity contribution >= 4 is 0 Å². The van der Waals surface area contributed by atoms with Gasteiger partial charge in [0.2, 0.25) is 0 Å². The predicted octanol–water partition coefficient (Wildman–Crippen LogP) is 3.00. The molecule has 4 atom stereocenters. The van der Waals surface area contributed by atoms with E-state index in [1.54, 1.807) is 0 Å². The molecule has 0 aromatic carbocycles. The third-order valence-electron chi connectivity index (χ3n) is 4.65. The summed E-state index contributed by atoms with van der Waals surface area (Å²) in [5, 5.41) is 0. The van der Waals surface area contributed by atoms with Gasteiger partial charge in [0.05, 0.1) is 0 Å². The normalized spacial score (nSPS) is 58.7. The van der Waals surface area contributed by atoms with Crippen molar-refractivity contribution in [3.63, 3.8) is 0 Å². The molecular weight excluding hydrogens is 132 g/mol. The summed E-state index contributed by atoms with van der Waals surface area (Å²) in [4.78, 5) is 0. The maximum absolute atomic E-state index is 2.58. The fourth-order valence-corrected chi connectivity index (χ4v) is 3.83. The van der Waals surface area contributed by atoms with Crippen LogP contribution in [-0.2, 0) is 0 Å². The Hall–Kier alpha value is -0.260. The molecule has 4 aliphatic rings. The minimum Gasteiger partial charge on any atom is -0.0779 e. The topological polar surface area (TPSA) is 0 Å². The molecule has 60 valence electrons. The molecule has 4 unspecified atom stereocenters. The van der Waals surface area contributed by atoms with Gasteiger partial charge in [-0.15, -0.1) is 0 Å². The number of allylic oxidation sites excluding steroid dienone is 2. The molecule has 0 amide bonds. The summed E-state index contributed by atoms with van der Waals surface area (Å²) >= 11 is 0. The zero-order chi connectivity index (χ0) is 7.64. The highest BCUT2D eigenvalue weighted by Gasteiger charge is 2.59. The number of rotatable bonds is 0. The van der Waals surface area contributed by atoms with E-state index in [0.29, 0.717) is 5.41 Å². The first-order valence-electron chi connectivity index (χ1n) is 4.96. The van der Waals surface area contributed by atoms with E-state index < -0.39 is 0 Å². The second kappa shape index (κ2) is 1.57. The van der Waals surface area contributed by atoms with Crippen molar-refractivity contribution < 1.29 is 0 Å². The van der Waals surface area contributed by atoms with Crippen molar-refractivity contribution in [1.82, 2.24) is 0 Å². The molecule has 0 radical (unpaired) electrons. The average Bonchev–Trinajstić information content (AvgIpc) is 2.57. The molecule has 0 aromatic heterocycles. The van der Waals surface area contributed by atoms with Gasteiger partial charge in [0.25, 0.3) is 0 Å². The Kier molecular flexibility index (Phi) is 0.898. The zero-order valence-electron chi connectivity index (χ0n) is 7.43. The van der Waals surface area contributed by atoms with Crippen LogP contribution in [0, 0.1) is 23.2 Å². The molecule has 0 aliphatic heterocycles. The van der Waals surface area contributed by atoms with Crippen molar-refractivity contribution in [2.45, 2.75) is 33.1 Å². The maximum atomic E-state index is 2.58. The lowest BCUT2D eigenvalue weighted by atomic mass is 9.67. The lowest BCUT2D eigenvalue weighted by molar-refractivity contribution is 0.221. The smallest absolute Gasteiger partial charge is 0.00468 e. The van der Waals surface area contributed by atoms with Gasteiger partial charge >= 0.3 is 0 Å². The standard InChI is InChI=1S/C11H16/c1-7-9-6-11(7,2)10-5-3-4-8(9)10/h6-8,10H,3-5H2,1-2H3. The van der Waals surface area contributed by atoms with E-state index in [2.05, 4.69) is 19.9 Å². The summed E-state index contributed by atoms with van der Waals surface area (Å²) in [6.45, 7) is 4.89. The Morgan fingerprint density at radius 2 is 2.27 bits per heavy atom. The lowest BCUT2D eigenvalue weighted by Crippen LogP contribution is -2.30. The molecule has 0 aromatic rings. The van der Waals surface area contributed by atoms with Crippen LogP contribution in [0.4, 0.5) is 0 Å². The monoisotopic (exact) mass is 148 g/mol. The minimum absolute atomic E-state index is 0.635. The molecular formula is C11H16. The van der Waals surface area contributed by atoms with Crippen molar-refractivity contribution in [2.24, 2.45) is 23.2 Å². The molecule has 11 heavy (non-hydrogen) atoms. The Balaban J connectivity index is 2.06. The van der Waals surface area contributed by atoms with Gasteiger partial charge in [0.15, 0.2) is 0 Å². The molecule has 4 rings (SSSR count). The van der Waals surface area contributed by atoms with Crippen LogP contribution in [0.1, 0.15) is 33.1 Å².